The first kappa shape index (κ1) is 48.3. The van der Waals surface area contributed by atoms with Gasteiger partial charge in [0.15, 0.2) is 5.75 Å². The molecule has 4 bridgehead atoms. The van der Waals surface area contributed by atoms with E-state index >= 15 is 0 Å². The van der Waals surface area contributed by atoms with Gasteiger partial charge in [-0.25, -0.2) is 0 Å². The van der Waals surface area contributed by atoms with Gasteiger partial charge in [-0.1, -0.05) is 64.1 Å². The summed E-state index contributed by atoms with van der Waals surface area (Å²) >= 11 is 0. The normalized spacial score (nSPS) is 31.8. The highest BCUT2D eigenvalue weighted by molar-refractivity contribution is 6.19. The number of aromatic hydroxyl groups is 2. The molecule has 1 spiro atoms. The number of esters is 1. The summed E-state index contributed by atoms with van der Waals surface area (Å²) in [4.78, 5) is 58.8. The van der Waals surface area contributed by atoms with Crippen LogP contribution in [-0.4, -0.2) is 110 Å². The Bertz CT molecular complexity index is 2920. The van der Waals surface area contributed by atoms with Crippen LogP contribution in [-0.2, 0) is 30.3 Å². The third-order valence-corrected chi connectivity index (χ3v) is 14.3. The van der Waals surface area contributed by atoms with Gasteiger partial charge in [0.05, 0.1) is 58.5 Å². The SMILES string of the molecule is CO[C@H]1/C=C/O[C@@]2(C)Oc3c(C)c(O)c4c(O)c(c5c(c4c3C2=O)=NC2(CCN(Cc3cnc4ccccc4c3)C2)CN=5)NC(=O)/C(C)=C\C=C\[C@H](C)[C@@H](O)[C@H](C)[C@@H](O)[C@H](C)[C@@H](OC(C)=O)C1C. The largest absolute Gasteiger partial charge is 0.507 e. The summed E-state index contributed by atoms with van der Waals surface area (Å²) in [6, 6.07) is 10.1. The summed E-state index contributed by atoms with van der Waals surface area (Å²) in [6.07, 6.45) is 6.35. The number of aliphatic hydroxyl groups excluding tert-OH is 2. The van der Waals surface area contributed by atoms with Gasteiger partial charge in [-0.3, -0.25) is 34.3 Å². The number of nitrogens with zero attached hydrogens (tertiary/aromatic N) is 4. The molecule has 16 nitrogen and oxygen atoms in total. The fourth-order valence-electron chi connectivity index (χ4n) is 10.2. The Kier molecular flexibility index (Phi) is 13.3. The quantitative estimate of drug-likeness (QED) is 0.126. The molecule has 0 saturated carbocycles. The Morgan fingerprint density at radius 2 is 1.74 bits per heavy atom. The molecule has 10 atom stereocenters. The van der Waals surface area contributed by atoms with Gasteiger partial charge < -0.3 is 44.7 Å². The monoisotopic (exact) mass is 931 g/mol. The van der Waals surface area contributed by atoms with E-state index in [1.807, 2.05) is 30.5 Å². The van der Waals surface area contributed by atoms with Crippen molar-refractivity contribution in [1.29, 1.82) is 0 Å². The van der Waals surface area contributed by atoms with Gasteiger partial charge in [-0.2, -0.15) is 0 Å². The standard InChI is InChI=1S/C52H61N5O11/c1-26-13-12-14-27(2)50(64)55-42-41-40(56-52(24-54-41)18-19-57(25-52)23-33-21-34-15-10-11-16-35(34)53-22-33)37-38(46(42)62)45(61)31(6)48-39(37)49(63)51(8,68-48)66-20-17-36(65-9)28(3)47(67-32(7)58)30(5)44(60)29(4)43(26)59/h10-17,20-22,26,28-30,36,43-44,47,59-62H,18-19,23-25H2,1-9H3,(H,55,64)/b13-12+,20-17+,27-14-/t26-,28?,29-,30-,36-,43+,44+,47-,51-,52?/m0/s1. The molecule has 1 saturated heterocycles. The third kappa shape index (κ3) is 8.74. The molecule has 360 valence electrons. The molecule has 16 heteroatoms. The van der Waals surface area contributed by atoms with Crippen molar-refractivity contribution < 1.29 is 53.8 Å². The van der Waals surface area contributed by atoms with Crippen molar-refractivity contribution in [3.05, 3.63) is 100 Å². The highest BCUT2D eigenvalue weighted by atomic mass is 16.7. The lowest BCUT2D eigenvalue weighted by Gasteiger charge is -2.38. The fourth-order valence-corrected chi connectivity index (χ4v) is 10.2. The second kappa shape index (κ2) is 18.7. The molecule has 4 aliphatic heterocycles. The van der Waals surface area contributed by atoms with Crippen LogP contribution in [0.3, 0.4) is 0 Å². The zero-order chi connectivity index (χ0) is 49.0. The zero-order valence-corrected chi connectivity index (χ0v) is 39.9. The number of hydrogen-bond donors (Lipinski definition) is 5. The van der Waals surface area contributed by atoms with Crippen LogP contribution in [0.5, 0.6) is 17.2 Å². The Morgan fingerprint density at radius 3 is 2.47 bits per heavy atom. The molecule has 68 heavy (non-hydrogen) atoms. The minimum Gasteiger partial charge on any atom is -0.507 e. The van der Waals surface area contributed by atoms with Crippen molar-refractivity contribution >= 4 is 45.0 Å². The first-order valence-electron chi connectivity index (χ1n) is 23.1. The molecule has 0 radical (unpaired) electrons. The lowest BCUT2D eigenvalue weighted by molar-refractivity contribution is -0.160. The molecule has 8 rings (SSSR count). The van der Waals surface area contributed by atoms with Crippen molar-refractivity contribution in [2.24, 2.45) is 33.7 Å². The van der Waals surface area contributed by atoms with E-state index < -0.39 is 88.6 Å². The molecule has 1 amide bonds. The number of allylic oxidation sites excluding steroid dienone is 2. The lowest BCUT2D eigenvalue weighted by Crippen LogP contribution is -2.46. The minimum atomic E-state index is -1.99. The number of anilines is 1. The number of pyridine rings is 1. The number of carbonyl (C=O) groups excluding carboxylic acids is 3. The number of phenols is 2. The number of para-hydroxylation sites is 1. The van der Waals surface area contributed by atoms with Gasteiger partial charge in [-0.05, 0) is 44.0 Å². The number of rotatable bonds is 4. The van der Waals surface area contributed by atoms with Crippen LogP contribution in [0.25, 0.3) is 21.7 Å². The number of methoxy groups -OCH3 is 1. The second-order valence-corrected chi connectivity index (χ2v) is 19.2. The summed E-state index contributed by atoms with van der Waals surface area (Å²) < 4.78 is 24.2. The molecule has 2 unspecified atom stereocenters. The number of phenolic OH excluding ortho intramolecular Hbond substituents is 2. The second-order valence-electron chi connectivity index (χ2n) is 19.2. The Hall–Kier alpha value is -6.20. The summed E-state index contributed by atoms with van der Waals surface area (Å²) in [5.41, 5.74) is 1.47. The Morgan fingerprint density at radius 1 is 0.985 bits per heavy atom. The van der Waals surface area contributed by atoms with Crippen molar-refractivity contribution in [3.63, 3.8) is 0 Å². The van der Waals surface area contributed by atoms with Crippen LogP contribution >= 0.6 is 0 Å². The topological polar surface area (TPSA) is 222 Å². The lowest BCUT2D eigenvalue weighted by atomic mass is 9.78. The number of benzene rings is 3. The van der Waals surface area contributed by atoms with Crippen LogP contribution in [0.4, 0.5) is 5.69 Å². The molecular weight excluding hydrogens is 871 g/mol. The Labute approximate surface area is 394 Å². The predicted molar refractivity (Wildman–Crippen MR) is 254 cm³/mol. The minimum absolute atomic E-state index is 0.0132. The van der Waals surface area contributed by atoms with Crippen LogP contribution in [0.2, 0.25) is 0 Å². The van der Waals surface area contributed by atoms with E-state index in [1.165, 1.54) is 27.2 Å². The molecule has 0 aliphatic carbocycles. The number of aliphatic hydroxyl groups is 2. The van der Waals surface area contributed by atoms with E-state index in [4.69, 9.17) is 28.9 Å². The maximum Gasteiger partial charge on any atom is 0.312 e. The first-order valence-corrected chi connectivity index (χ1v) is 23.1. The van der Waals surface area contributed by atoms with Crippen molar-refractivity contribution in [1.82, 2.24) is 9.88 Å². The summed E-state index contributed by atoms with van der Waals surface area (Å²) in [7, 11) is 1.47. The number of hydrogen-bond acceptors (Lipinski definition) is 15. The van der Waals surface area contributed by atoms with E-state index in [0.29, 0.717) is 26.1 Å². The number of likely N-dealkylation sites (tertiary alicyclic amines) is 1. The van der Waals surface area contributed by atoms with E-state index in [2.05, 4.69) is 21.3 Å². The first-order chi connectivity index (χ1) is 32.3. The number of ketones is 1. The average Bonchev–Trinajstić information content (AvgIpc) is 3.83. The molecule has 5 N–H and O–H groups in total. The van der Waals surface area contributed by atoms with Crippen molar-refractivity contribution in [2.45, 2.75) is 104 Å². The van der Waals surface area contributed by atoms with Crippen LogP contribution < -0.4 is 20.8 Å². The van der Waals surface area contributed by atoms with E-state index in [-0.39, 0.29) is 56.2 Å². The van der Waals surface area contributed by atoms with Crippen LogP contribution in [0.1, 0.15) is 76.4 Å². The van der Waals surface area contributed by atoms with Gasteiger partial charge in [0.2, 0.25) is 0 Å². The van der Waals surface area contributed by atoms with Gasteiger partial charge in [0, 0.05) is 92.4 Å². The van der Waals surface area contributed by atoms with Gasteiger partial charge in [0.25, 0.3) is 11.7 Å². The highest BCUT2D eigenvalue weighted by Crippen LogP contribution is 2.49. The smallest absolute Gasteiger partial charge is 0.312 e. The fraction of sp³-hybridized carbons (Fsp3) is 0.462. The molecule has 4 aromatic rings. The highest BCUT2D eigenvalue weighted by Gasteiger charge is 2.50. The predicted octanol–water partition coefficient (Wildman–Crippen LogP) is 5.49. The molecule has 3 aromatic carbocycles. The van der Waals surface area contributed by atoms with Crippen LogP contribution in [0, 0.1) is 30.6 Å². The summed E-state index contributed by atoms with van der Waals surface area (Å²) in [5, 5.41) is 51.5. The molecular formula is C52H61N5O11. The van der Waals surface area contributed by atoms with E-state index in [9.17, 15) is 34.8 Å². The maximum atomic E-state index is 14.9. The number of carbonyl (C=O) groups is 3. The third-order valence-electron chi connectivity index (χ3n) is 14.3. The Balaban J connectivity index is 1.26. The van der Waals surface area contributed by atoms with Gasteiger partial charge in [0.1, 0.15) is 28.6 Å². The average molecular weight is 932 g/mol. The molecule has 5 heterocycles. The zero-order valence-electron chi connectivity index (χ0n) is 39.9. The van der Waals surface area contributed by atoms with Crippen LogP contribution in [0.15, 0.2) is 82.7 Å². The number of fused-ring (bicyclic) bond motifs is 2. The molecule has 1 aromatic heterocycles. The maximum absolute atomic E-state index is 14.9. The van der Waals surface area contributed by atoms with Crippen molar-refractivity contribution in [2.75, 3.05) is 32.1 Å². The number of Topliss-reactive ketones (excluding diaryl/α,β-unsaturated/α-hetero) is 1. The number of amides is 1. The van der Waals surface area contributed by atoms with E-state index in [1.54, 1.807) is 65.8 Å². The number of aromatic nitrogens is 1. The molecule has 1 fully saturated rings. The number of ether oxygens (including phenoxy) is 4. The molecule has 4 aliphatic rings. The van der Waals surface area contributed by atoms with Crippen molar-refractivity contribution in [3.8, 4) is 17.2 Å². The number of nitrogens with one attached hydrogen (secondary N) is 1. The van der Waals surface area contributed by atoms with E-state index in [0.717, 1.165) is 16.5 Å². The summed E-state index contributed by atoms with van der Waals surface area (Å²) in [6.45, 7) is 14.9. The van der Waals surface area contributed by atoms with Gasteiger partial charge >= 0.3 is 11.8 Å². The summed E-state index contributed by atoms with van der Waals surface area (Å²) in [5.74, 6) is -7.10. The van der Waals surface area contributed by atoms with Gasteiger partial charge in [-0.15, -0.1) is 0 Å².